The van der Waals surface area contributed by atoms with Crippen LogP contribution in [-0.4, -0.2) is 16.1 Å². The van der Waals surface area contributed by atoms with Gasteiger partial charge in [-0.05, 0) is 71.1 Å². The van der Waals surface area contributed by atoms with Crippen molar-refractivity contribution in [2.24, 2.45) is 0 Å². The highest BCUT2D eigenvalue weighted by atomic mass is 28.3. The Labute approximate surface area is 197 Å². The molecule has 3 aromatic carbocycles. The van der Waals surface area contributed by atoms with E-state index < -0.39 is 16.1 Å². The Morgan fingerprint density at radius 2 is 0.875 bits per heavy atom. The van der Waals surface area contributed by atoms with Crippen LogP contribution in [0.3, 0.4) is 0 Å². The topological polar surface area (TPSA) is 0 Å². The summed E-state index contributed by atoms with van der Waals surface area (Å²) in [6.07, 6.45) is 2.67. The van der Waals surface area contributed by atoms with Crippen molar-refractivity contribution in [1.82, 2.24) is 0 Å². The lowest BCUT2D eigenvalue weighted by molar-refractivity contribution is 0.346. The second-order valence-corrected chi connectivity index (χ2v) is 22.1. The minimum absolute atomic E-state index is 0.705. The van der Waals surface area contributed by atoms with E-state index in [9.17, 15) is 0 Å². The fourth-order valence-electron chi connectivity index (χ4n) is 6.23. The van der Waals surface area contributed by atoms with Gasteiger partial charge in [-0.15, -0.1) is 0 Å². The maximum Gasteiger partial charge on any atom is 0.0561 e. The zero-order chi connectivity index (χ0) is 22.3. The van der Waals surface area contributed by atoms with E-state index in [1.165, 1.54) is 37.0 Å². The molecule has 0 radical (unpaired) electrons. The van der Waals surface area contributed by atoms with Crippen LogP contribution < -0.4 is 0 Å². The summed E-state index contributed by atoms with van der Waals surface area (Å²) in [5.74, 6) is 1.41. The fraction of sp³-hybridized carbons (Fsp3) is 0.400. The first-order chi connectivity index (χ1) is 15.3. The molecule has 1 saturated carbocycles. The van der Waals surface area contributed by atoms with Crippen molar-refractivity contribution in [3.63, 3.8) is 0 Å². The summed E-state index contributed by atoms with van der Waals surface area (Å²) in [4.78, 5) is 0. The molecule has 0 saturated heterocycles. The maximum atomic E-state index is 2.58. The van der Waals surface area contributed by atoms with Gasteiger partial charge in [0.25, 0.3) is 0 Å². The standard InChI is InChI=1S/C30H38Si2/c1-31(2)19-23-9-13-25(14-10-23)29-17-18-30(29)26-15-11-24(12-16-26)20-32(3,4)22-28-8-6-5-7-27(28)21-31/h5-16,29-30H,17-22H2,1-4H3/t29-,30+. The smallest absolute Gasteiger partial charge is 0.0561 e. The molecule has 1 aliphatic carbocycles. The molecule has 1 fully saturated rings. The summed E-state index contributed by atoms with van der Waals surface area (Å²) in [5.41, 5.74) is 9.42. The molecule has 7 rings (SSSR count). The van der Waals surface area contributed by atoms with Gasteiger partial charge in [-0.1, -0.05) is 110 Å². The van der Waals surface area contributed by atoms with Crippen molar-refractivity contribution in [2.45, 2.75) is 75.0 Å². The third-order valence-corrected chi connectivity index (χ3v) is 13.3. The zero-order valence-electron chi connectivity index (χ0n) is 20.3. The summed E-state index contributed by atoms with van der Waals surface area (Å²) >= 11 is 0. The molecule has 2 atom stereocenters. The van der Waals surface area contributed by atoms with Gasteiger partial charge in [0.2, 0.25) is 0 Å². The third-order valence-electron chi connectivity index (χ3n) is 7.91. The van der Waals surface area contributed by atoms with Crippen molar-refractivity contribution >= 4 is 16.1 Å². The van der Waals surface area contributed by atoms with Crippen molar-refractivity contribution in [3.8, 4) is 0 Å². The third kappa shape index (κ3) is 4.72. The fourth-order valence-corrected chi connectivity index (χ4v) is 11.9. The first-order valence-corrected chi connectivity index (χ1v) is 19.4. The molecule has 0 unspecified atom stereocenters. The van der Waals surface area contributed by atoms with E-state index in [2.05, 4.69) is 99.0 Å². The molecule has 0 N–H and O–H groups in total. The first-order valence-electron chi connectivity index (χ1n) is 12.5. The van der Waals surface area contributed by atoms with E-state index in [4.69, 9.17) is 0 Å². The number of hydrogen-bond donors (Lipinski definition) is 0. The summed E-state index contributed by atoms with van der Waals surface area (Å²) in [5, 5.41) is 0. The summed E-state index contributed by atoms with van der Waals surface area (Å²) < 4.78 is 0. The Bertz CT molecular complexity index is 988. The van der Waals surface area contributed by atoms with E-state index in [0.717, 1.165) is 0 Å². The lowest BCUT2D eigenvalue weighted by Gasteiger charge is -2.38. The predicted octanol–water partition coefficient (Wildman–Crippen LogP) is 7.81. The molecule has 166 valence electrons. The van der Waals surface area contributed by atoms with Crippen molar-refractivity contribution in [1.29, 1.82) is 0 Å². The molecular weight excluding hydrogens is 417 g/mol. The van der Waals surface area contributed by atoms with Gasteiger partial charge in [-0.2, -0.15) is 0 Å². The van der Waals surface area contributed by atoms with Gasteiger partial charge >= 0.3 is 0 Å². The lowest BCUT2D eigenvalue weighted by Crippen LogP contribution is -2.36. The van der Waals surface area contributed by atoms with Gasteiger partial charge < -0.3 is 0 Å². The molecule has 4 aliphatic rings. The average Bonchev–Trinajstić information content (AvgIpc) is 2.70. The predicted molar refractivity (Wildman–Crippen MR) is 144 cm³/mol. The van der Waals surface area contributed by atoms with Crippen LogP contribution in [-0.2, 0) is 24.2 Å². The highest BCUT2D eigenvalue weighted by molar-refractivity contribution is 6.77. The largest absolute Gasteiger partial charge is 0.0689 e. The lowest BCUT2D eigenvalue weighted by atomic mass is 9.67. The maximum absolute atomic E-state index is 2.58. The van der Waals surface area contributed by atoms with Crippen molar-refractivity contribution < 1.29 is 0 Å². The number of fused-ring (bicyclic) bond motifs is 2. The van der Waals surface area contributed by atoms with E-state index in [1.807, 2.05) is 0 Å². The minimum Gasteiger partial charge on any atom is -0.0689 e. The van der Waals surface area contributed by atoms with Crippen LogP contribution in [0.5, 0.6) is 0 Å². The monoisotopic (exact) mass is 454 g/mol. The van der Waals surface area contributed by atoms with Gasteiger partial charge in [-0.3, -0.25) is 0 Å². The van der Waals surface area contributed by atoms with Crippen molar-refractivity contribution in [2.75, 3.05) is 0 Å². The zero-order valence-corrected chi connectivity index (χ0v) is 22.3. The van der Waals surface area contributed by atoms with Gasteiger partial charge in [0.05, 0.1) is 16.1 Å². The Morgan fingerprint density at radius 3 is 1.22 bits per heavy atom. The van der Waals surface area contributed by atoms with Gasteiger partial charge in [-0.25, -0.2) is 0 Å². The molecule has 0 nitrogen and oxygen atoms in total. The summed E-state index contributed by atoms with van der Waals surface area (Å²) in [7, 11) is -2.78. The van der Waals surface area contributed by atoms with Gasteiger partial charge in [0.15, 0.2) is 0 Å². The van der Waals surface area contributed by atoms with E-state index >= 15 is 0 Å². The molecule has 32 heavy (non-hydrogen) atoms. The first kappa shape index (κ1) is 21.9. The molecule has 4 bridgehead atoms. The minimum atomic E-state index is -1.39. The van der Waals surface area contributed by atoms with Crippen molar-refractivity contribution in [3.05, 3.63) is 106 Å². The van der Waals surface area contributed by atoms with Crippen LogP contribution in [0.1, 0.15) is 58.1 Å². The number of hydrogen-bond acceptors (Lipinski definition) is 0. The van der Waals surface area contributed by atoms with Crippen LogP contribution >= 0.6 is 0 Å². The Morgan fingerprint density at radius 1 is 0.500 bits per heavy atom. The van der Waals surface area contributed by atoms with Crippen LogP contribution in [0.4, 0.5) is 0 Å². The second-order valence-electron chi connectivity index (χ2n) is 12.1. The molecule has 3 aliphatic heterocycles. The highest BCUT2D eigenvalue weighted by Crippen LogP contribution is 2.49. The molecule has 0 spiro atoms. The second kappa shape index (κ2) is 8.46. The quantitative estimate of drug-likeness (QED) is 0.304. The van der Waals surface area contributed by atoms with E-state index in [1.54, 1.807) is 33.4 Å². The Hall–Kier alpha value is -1.91. The Balaban J connectivity index is 1.53. The van der Waals surface area contributed by atoms with Crippen LogP contribution in [0.2, 0.25) is 26.2 Å². The average molecular weight is 455 g/mol. The number of benzene rings is 3. The summed E-state index contributed by atoms with van der Waals surface area (Å²) in [6.45, 7) is 10.3. The summed E-state index contributed by atoms with van der Waals surface area (Å²) in [6, 6.07) is 34.0. The normalized spacial score (nSPS) is 24.0. The molecule has 0 aromatic heterocycles. The number of rotatable bonds is 0. The molecule has 0 amide bonds. The highest BCUT2D eigenvalue weighted by Gasteiger charge is 2.34. The van der Waals surface area contributed by atoms with Crippen LogP contribution in [0.25, 0.3) is 0 Å². The Kier molecular flexibility index (Phi) is 5.79. The molecular formula is C30H38Si2. The SMILES string of the molecule is C[Si]1(C)Cc2ccc(cc2)[C@H]2CC[C@H]2c2ccc(cc2)C[Si](C)(C)Cc2ccccc2C1. The van der Waals surface area contributed by atoms with E-state index in [0.29, 0.717) is 11.8 Å². The van der Waals surface area contributed by atoms with Gasteiger partial charge in [0.1, 0.15) is 0 Å². The molecule has 2 heteroatoms. The van der Waals surface area contributed by atoms with Crippen LogP contribution in [0.15, 0.2) is 72.8 Å². The molecule has 3 aromatic rings. The van der Waals surface area contributed by atoms with E-state index in [-0.39, 0.29) is 0 Å². The van der Waals surface area contributed by atoms with Gasteiger partial charge in [0, 0.05) is 0 Å². The molecule has 3 heterocycles. The van der Waals surface area contributed by atoms with Crippen LogP contribution in [0, 0.1) is 0 Å².